The summed E-state index contributed by atoms with van der Waals surface area (Å²) in [6, 6.07) is 9.12. The first-order chi connectivity index (χ1) is 7.40. The van der Waals surface area contributed by atoms with E-state index in [9.17, 15) is 0 Å². The number of nitrogens with one attached hydrogen (secondary N) is 2. The molecule has 1 aromatic rings. The van der Waals surface area contributed by atoms with Crippen molar-refractivity contribution in [2.45, 2.75) is 38.6 Å². The van der Waals surface area contributed by atoms with Crippen LogP contribution >= 0.6 is 0 Å². The smallest absolute Gasteiger partial charge is 0.0578 e. The molecule has 0 fully saturated rings. The molecular formula is C13H20N2. The van der Waals surface area contributed by atoms with Crippen molar-refractivity contribution in [1.82, 2.24) is 0 Å². The average Bonchev–Trinajstić information content (AvgIpc) is 2.47. The van der Waals surface area contributed by atoms with Crippen molar-refractivity contribution in [3.05, 3.63) is 24.3 Å². The van der Waals surface area contributed by atoms with Gasteiger partial charge in [-0.3, -0.25) is 0 Å². The van der Waals surface area contributed by atoms with Crippen molar-refractivity contribution >= 4 is 11.4 Å². The Labute approximate surface area is 92.1 Å². The second kappa shape index (κ2) is 5.06. The van der Waals surface area contributed by atoms with Gasteiger partial charge in [0.15, 0.2) is 0 Å². The Kier molecular flexibility index (Phi) is 3.49. The molecule has 2 rings (SSSR count). The number of rotatable bonds is 3. The average molecular weight is 204 g/mol. The number of unbranched alkanes of at least 4 members (excludes halogenated alkanes) is 1. The van der Waals surface area contributed by atoms with Crippen molar-refractivity contribution in [2.24, 2.45) is 0 Å². The molecule has 0 saturated carbocycles. The van der Waals surface area contributed by atoms with Crippen LogP contribution in [0.2, 0.25) is 0 Å². The van der Waals surface area contributed by atoms with Crippen molar-refractivity contribution in [2.75, 3.05) is 17.2 Å². The minimum atomic E-state index is 0.640. The summed E-state index contributed by atoms with van der Waals surface area (Å²) < 4.78 is 0. The summed E-state index contributed by atoms with van der Waals surface area (Å²) in [4.78, 5) is 0. The third-order valence-corrected chi connectivity index (χ3v) is 3.00. The lowest BCUT2D eigenvalue weighted by Crippen LogP contribution is -2.19. The predicted molar refractivity (Wildman–Crippen MR) is 66.5 cm³/mol. The Morgan fingerprint density at radius 1 is 1.27 bits per heavy atom. The molecule has 1 atom stereocenters. The van der Waals surface area contributed by atoms with Crippen molar-refractivity contribution < 1.29 is 0 Å². The van der Waals surface area contributed by atoms with E-state index < -0.39 is 0 Å². The van der Waals surface area contributed by atoms with Gasteiger partial charge in [-0.1, -0.05) is 31.9 Å². The first-order valence-corrected chi connectivity index (χ1v) is 5.99. The number of anilines is 2. The predicted octanol–water partition coefficient (Wildman–Crippen LogP) is 3.47. The minimum absolute atomic E-state index is 0.640. The van der Waals surface area contributed by atoms with E-state index >= 15 is 0 Å². The standard InChI is InChI=1S/C13H20N2/c1-2-3-6-11-9-10-14-12-7-4-5-8-13(12)15-11/h4-5,7-8,11,14-15H,2-3,6,9-10H2,1H3. The number of fused-ring (bicyclic) bond motifs is 1. The number of benzene rings is 1. The fourth-order valence-corrected chi connectivity index (χ4v) is 2.10. The topological polar surface area (TPSA) is 24.1 Å². The van der Waals surface area contributed by atoms with E-state index in [1.807, 2.05) is 0 Å². The largest absolute Gasteiger partial charge is 0.383 e. The first-order valence-electron chi connectivity index (χ1n) is 5.99. The van der Waals surface area contributed by atoms with Gasteiger partial charge >= 0.3 is 0 Å². The van der Waals surface area contributed by atoms with Gasteiger partial charge in [0.2, 0.25) is 0 Å². The maximum absolute atomic E-state index is 3.63. The zero-order chi connectivity index (χ0) is 10.5. The zero-order valence-corrected chi connectivity index (χ0v) is 9.42. The summed E-state index contributed by atoms with van der Waals surface area (Å²) in [6.07, 6.45) is 5.11. The highest BCUT2D eigenvalue weighted by Crippen LogP contribution is 2.26. The number of para-hydroxylation sites is 2. The minimum Gasteiger partial charge on any atom is -0.383 e. The monoisotopic (exact) mass is 204 g/mol. The lowest BCUT2D eigenvalue weighted by molar-refractivity contribution is 0.588. The molecule has 0 amide bonds. The van der Waals surface area contributed by atoms with Crippen LogP contribution in [0.25, 0.3) is 0 Å². The van der Waals surface area contributed by atoms with Crippen LogP contribution in [0.4, 0.5) is 11.4 Å². The number of hydrogen-bond acceptors (Lipinski definition) is 2. The van der Waals surface area contributed by atoms with Crippen LogP contribution in [0.15, 0.2) is 24.3 Å². The Morgan fingerprint density at radius 2 is 2.07 bits per heavy atom. The van der Waals surface area contributed by atoms with Gasteiger partial charge in [-0.05, 0) is 25.0 Å². The van der Waals surface area contributed by atoms with Gasteiger partial charge in [0.1, 0.15) is 0 Å². The summed E-state index contributed by atoms with van der Waals surface area (Å²) in [6.45, 7) is 3.33. The third-order valence-electron chi connectivity index (χ3n) is 3.00. The van der Waals surface area contributed by atoms with Crippen molar-refractivity contribution in [3.63, 3.8) is 0 Å². The molecular weight excluding hydrogens is 184 g/mol. The van der Waals surface area contributed by atoms with Crippen molar-refractivity contribution in [3.8, 4) is 0 Å². The van der Waals surface area contributed by atoms with E-state index in [4.69, 9.17) is 0 Å². The fourth-order valence-electron chi connectivity index (χ4n) is 2.10. The first kappa shape index (κ1) is 10.3. The van der Waals surface area contributed by atoms with Gasteiger partial charge in [-0.15, -0.1) is 0 Å². The molecule has 1 aliphatic rings. The van der Waals surface area contributed by atoms with Gasteiger partial charge < -0.3 is 10.6 Å². The van der Waals surface area contributed by atoms with Gasteiger partial charge in [-0.25, -0.2) is 0 Å². The molecule has 15 heavy (non-hydrogen) atoms. The molecule has 2 nitrogen and oxygen atoms in total. The molecule has 1 heterocycles. The Morgan fingerprint density at radius 3 is 2.87 bits per heavy atom. The molecule has 0 saturated heterocycles. The number of hydrogen-bond donors (Lipinski definition) is 2. The highest BCUT2D eigenvalue weighted by atomic mass is 15.0. The Balaban J connectivity index is 2.04. The molecule has 1 aliphatic heterocycles. The van der Waals surface area contributed by atoms with Gasteiger partial charge in [0.25, 0.3) is 0 Å². The normalized spacial score (nSPS) is 19.7. The van der Waals surface area contributed by atoms with E-state index in [1.165, 1.54) is 37.1 Å². The van der Waals surface area contributed by atoms with Crippen LogP contribution < -0.4 is 10.6 Å². The molecule has 0 aromatic heterocycles. The summed E-state index contributed by atoms with van der Waals surface area (Å²) in [5.41, 5.74) is 2.51. The van der Waals surface area contributed by atoms with Crippen LogP contribution in [-0.2, 0) is 0 Å². The highest BCUT2D eigenvalue weighted by molar-refractivity contribution is 5.69. The second-order valence-corrected chi connectivity index (χ2v) is 4.24. The quantitative estimate of drug-likeness (QED) is 0.787. The summed E-state index contributed by atoms with van der Waals surface area (Å²) in [7, 11) is 0. The molecule has 2 N–H and O–H groups in total. The summed E-state index contributed by atoms with van der Waals surface area (Å²) in [5, 5.41) is 7.10. The maximum Gasteiger partial charge on any atom is 0.0578 e. The van der Waals surface area contributed by atoms with Crippen molar-refractivity contribution in [1.29, 1.82) is 0 Å². The maximum atomic E-state index is 3.63. The lowest BCUT2D eigenvalue weighted by Gasteiger charge is -2.16. The molecule has 1 aromatic carbocycles. The highest BCUT2D eigenvalue weighted by Gasteiger charge is 2.13. The Bertz CT molecular complexity index is 307. The van der Waals surface area contributed by atoms with E-state index in [-0.39, 0.29) is 0 Å². The fraction of sp³-hybridized carbons (Fsp3) is 0.538. The van der Waals surface area contributed by atoms with Crippen LogP contribution in [0, 0.1) is 0 Å². The van der Waals surface area contributed by atoms with Crippen LogP contribution in [0.1, 0.15) is 32.6 Å². The molecule has 2 heteroatoms. The van der Waals surface area contributed by atoms with E-state index in [0.717, 1.165) is 6.54 Å². The molecule has 0 aliphatic carbocycles. The lowest BCUT2D eigenvalue weighted by atomic mass is 10.1. The third kappa shape index (κ3) is 2.65. The van der Waals surface area contributed by atoms with Crippen LogP contribution in [0.5, 0.6) is 0 Å². The summed E-state index contributed by atoms with van der Waals surface area (Å²) >= 11 is 0. The van der Waals surface area contributed by atoms with E-state index in [0.29, 0.717) is 6.04 Å². The molecule has 1 unspecified atom stereocenters. The van der Waals surface area contributed by atoms with E-state index in [1.54, 1.807) is 0 Å². The van der Waals surface area contributed by atoms with Gasteiger partial charge in [0, 0.05) is 12.6 Å². The summed E-state index contributed by atoms with van der Waals surface area (Å²) in [5.74, 6) is 0. The van der Waals surface area contributed by atoms with Gasteiger partial charge in [0.05, 0.1) is 11.4 Å². The molecule has 0 spiro atoms. The van der Waals surface area contributed by atoms with E-state index in [2.05, 4.69) is 41.8 Å². The molecule has 0 bridgehead atoms. The molecule has 0 radical (unpaired) electrons. The zero-order valence-electron chi connectivity index (χ0n) is 9.42. The SMILES string of the molecule is CCCCC1CCNc2ccccc2N1. The second-order valence-electron chi connectivity index (χ2n) is 4.24. The Hall–Kier alpha value is -1.18. The van der Waals surface area contributed by atoms with Crippen LogP contribution in [-0.4, -0.2) is 12.6 Å². The van der Waals surface area contributed by atoms with Crippen LogP contribution in [0.3, 0.4) is 0 Å². The van der Waals surface area contributed by atoms with Gasteiger partial charge in [-0.2, -0.15) is 0 Å². The molecule has 82 valence electrons.